The van der Waals surface area contributed by atoms with Gasteiger partial charge in [0.25, 0.3) is 0 Å². The molecule has 0 saturated carbocycles. The summed E-state index contributed by atoms with van der Waals surface area (Å²) in [6.45, 7) is 6.22. The Labute approximate surface area is 119 Å². The zero-order chi connectivity index (χ0) is 14.1. The van der Waals surface area contributed by atoms with E-state index in [1.165, 1.54) is 12.8 Å². The summed E-state index contributed by atoms with van der Waals surface area (Å²) in [4.78, 5) is 9.25. The first kappa shape index (κ1) is 13.2. The molecule has 1 aliphatic heterocycles. The first-order chi connectivity index (χ1) is 9.66. The van der Waals surface area contributed by atoms with Crippen LogP contribution in [0.1, 0.15) is 35.8 Å². The second kappa shape index (κ2) is 5.32. The molecule has 2 aromatic heterocycles. The first-order valence-corrected chi connectivity index (χ1v) is 7.20. The minimum absolute atomic E-state index is 0.480. The van der Waals surface area contributed by atoms with Crippen LogP contribution < -0.4 is 5.32 Å². The van der Waals surface area contributed by atoms with Gasteiger partial charge in [-0.3, -0.25) is 9.67 Å². The molecule has 0 bridgehead atoms. The molecule has 0 spiro atoms. The molecule has 1 atom stereocenters. The van der Waals surface area contributed by atoms with Crippen LogP contribution in [-0.2, 0) is 7.05 Å². The SMILES string of the molecule is Cc1nn(C)c(C)c1-c1cncc(C2CCCNC2)n1. The summed E-state index contributed by atoms with van der Waals surface area (Å²) < 4.78 is 1.90. The molecule has 1 unspecified atom stereocenters. The van der Waals surface area contributed by atoms with Gasteiger partial charge in [-0.15, -0.1) is 0 Å². The van der Waals surface area contributed by atoms with Crippen molar-refractivity contribution in [2.45, 2.75) is 32.6 Å². The summed E-state index contributed by atoms with van der Waals surface area (Å²) in [6, 6.07) is 0. The van der Waals surface area contributed by atoms with Crippen LogP contribution in [0.4, 0.5) is 0 Å². The molecule has 0 amide bonds. The van der Waals surface area contributed by atoms with E-state index in [2.05, 4.69) is 22.3 Å². The van der Waals surface area contributed by atoms with Crippen LogP contribution >= 0.6 is 0 Å². The van der Waals surface area contributed by atoms with E-state index in [0.717, 1.165) is 41.4 Å². The number of hydrogen-bond acceptors (Lipinski definition) is 4. The first-order valence-electron chi connectivity index (χ1n) is 7.20. The van der Waals surface area contributed by atoms with E-state index >= 15 is 0 Å². The van der Waals surface area contributed by atoms with Crippen LogP contribution in [0.3, 0.4) is 0 Å². The van der Waals surface area contributed by atoms with Crippen LogP contribution in [0.2, 0.25) is 0 Å². The van der Waals surface area contributed by atoms with Crippen molar-refractivity contribution in [3.63, 3.8) is 0 Å². The largest absolute Gasteiger partial charge is 0.316 e. The van der Waals surface area contributed by atoms with E-state index in [-0.39, 0.29) is 0 Å². The van der Waals surface area contributed by atoms with Crippen molar-refractivity contribution in [2.75, 3.05) is 13.1 Å². The molecule has 5 nitrogen and oxygen atoms in total. The maximum atomic E-state index is 4.85. The molecule has 0 aliphatic carbocycles. The van der Waals surface area contributed by atoms with Gasteiger partial charge in [0, 0.05) is 37.0 Å². The summed E-state index contributed by atoms with van der Waals surface area (Å²) in [5, 5.41) is 7.90. The second-order valence-electron chi connectivity index (χ2n) is 5.54. The van der Waals surface area contributed by atoms with Crippen molar-refractivity contribution in [3.05, 3.63) is 29.5 Å². The van der Waals surface area contributed by atoms with Gasteiger partial charge in [0.05, 0.1) is 23.3 Å². The summed E-state index contributed by atoms with van der Waals surface area (Å²) in [5.74, 6) is 0.480. The monoisotopic (exact) mass is 271 g/mol. The van der Waals surface area contributed by atoms with E-state index in [1.54, 1.807) is 0 Å². The van der Waals surface area contributed by atoms with Crippen molar-refractivity contribution in [2.24, 2.45) is 7.05 Å². The van der Waals surface area contributed by atoms with Gasteiger partial charge in [-0.1, -0.05) is 0 Å². The lowest BCUT2D eigenvalue weighted by molar-refractivity contribution is 0.454. The highest BCUT2D eigenvalue weighted by atomic mass is 15.3. The number of piperidine rings is 1. The zero-order valence-corrected chi connectivity index (χ0v) is 12.3. The van der Waals surface area contributed by atoms with Crippen LogP contribution in [0.25, 0.3) is 11.3 Å². The standard InChI is InChI=1S/C15H21N5/c1-10-15(11(2)20(3)19-10)14-9-17-8-13(18-14)12-5-4-6-16-7-12/h8-9,12,16H,4-7H2,1-3H3. The summed E-state index contributed by atoms with van der Waals surface area (Å²) in [5.41, 5.74) is 5.30. The van der Waals surface area contributed by atoms with Crippen LogP contribution in [0.15, 0.2) is 12.4 Å². The molecule has 5 heteroatoms. The van der Waals surface area contributed by atoms with E-state index < -0.39 is 0 Å². The van der Waals surface area contributed by atoms with E-state index in [4.69, 9.17) is 4.98 Å². The summed E-state index contributed by atoms with van der Waals surface area (Å²) >= 11 is 0. The predicted molar refractivity (Wildman–Crippen MR) is 78.6 cm³/mol. The second-order valence-corrected chi connectivity index (χ2v) is 5.54. The fourth-order valence-electron chi connectivity index (χ4n) is 2.95. The normalized spacial score (nSPS) is 19.2. The lowest BCUT2D eigenvalue weighted by Crippen LogP contribution is -2.28. The van der Waals surface area contributed by atoms with Gasteiger partial charge in [0.15, 0.2) is 0 Å². The van der Waals surface area contributed by atoms with Gasteiger partial charge in [-0.05, 0) is 33.2 Å². The Morgan fingerprint density at radius 3 is 2.80 bits per heavy atom. The van der Waals surface area contributed by atoms with Crippen molar-refractivity contribution in [3.8, 4) is 11.3 Å². The fourth-order valence-corrected chi connectivity index (χ4v) is 2.95. The Kier molecular flexibility index (Phi) is 3.53. The number of nitrogens with zero attached hydrogens (tertiary/aromatic N) is 4. The smallest absolute Gasteiger partial charge is 0.0925 e. The minimum Gasteiger partial charge on any atom is -0.316 e. The number of nitrogens with one attached hydrogen (secondary N) is 1. The van der Waals surface area contributed by atoms with E-state index in [1.807, 2.05) is 31.0 Å². The summed E-state index contributed by atoms with van der Waals surface area (Å²) in [6.07, 6.45) is 6.15. The molecule has 0 radical (unpaired) electrons. The third-order valence-electron chi connectivity index (χ3n) is 4.13. The highest BCUT2D eigenvalue weighted by Gasteiger charge is 2.19. The Morgan fingerprint density at radius 2 is 2.15 bits per heavy atom. The molecular weight excluding hydrogens is 250 g/mol. The van der Waals surface area contributed by atoms with Gasteiger partial charge in [-0.25, -0.2) is 4.98 Å². The number of aryl methyl sites for hydroxylation is 2. The van der Waals surface area contributed by atoms with Crippen molar-refractivity contribution in [1.29, 1.82) is 0 Å². The minimum atomic E-state index is 0.480. The predicted octanol–water partition coefficient (Wildman–Crippen LogP) is 1.96. The Hall–Kier alpha value is -1.75. The maximum absolute atomic E-state index is 4.85. The van der Waals surface area contributed by atoms with Crippen molar-refractivity contribution in [1.82, 2.24) is 25.1 Å². The average Bonchev–Trinajstić information content (AvgIpc) is 2.73. The molecule has 1 aliphatic rings. The Balaban J connectivity index is 1.98. The molecule has 1 saturated heterocycles. The molecule has 2 aromatic rings. The number of aromatic nitrogens is 4. The molecule has 106 valence electrons. The quantitative estimate of drug-likeness (QED) is 0.907. The third-order valence-corrected chi connectivity index (χ3v) is 4.13. The van der Waals surface area contributed by atoms with Gasteiger partial charge in [-0.2, -0.15) is 5.10 Å². The lowest BCUT2D eigenvalue weighted by atomic mass is 9.96. The van der Waals surface area contributed by atoms with E-state index in [0.29, 0.717) is 5.92 Å². The molecule has 3 heterocycles. The highest BCUT2D eigenvalue weighted by Crippen LogP contribution is 2.27. The van der Waals surface area contributed by atoms with Crippen molar-refractivity contribution < 1.29 is 0 Å². The third kappa shape index (κ3) is 2.33. The van der Waals surface area contributed by atoms with Crippen molar-refractivity contribution >= 4 is 0 Å². The Bertz CT molecular complexity index is 611. The maximum Gasteiger partial charge on any atom is 0.0925 e. The number of rotatable bonds is 2. The van der Waals surface area contributed by atoms with Gasteiger partial charge >= 0.3 is 0 Å². The van der Waals surface area contributed by atoms with Gasteiger partial charge < -0.3 is 5.32 Å². The Morgan fingerprint density at radius 1 is 1.30 bits per heavy atom. The highest BCUT2D eigenvalue weighted by molar-refractivity contribution is 5.64. The topological polar surface area (TPSA) is 55.6 Å². The average molecular weight is 271 g/mol. The zero-order valence-electron chi connectivity index (χ0n) is 12.3. The lowest BCUT2D eigenvalue weighted by Gasteiger charge is -2.22. The molecule has 1 N–H and O–H groups in total. The van der Waals surface area contributed by atoms with Gasteiger partial charge in [0.1, 0.15) is 0 Å². The van der Waals surface area contributed by atoms with Crippen LogP contribution in [0, 0.1) is 13.8 Å². The molecule has 0 aromatic carbocycles. The molecular formula is C15H21N5. The van der Waals surface area contributed by atoms with Crippen LogP contribution in [-0.4, -0.2) is 32.8 Å². The fraction of sp³-hybridized carbons (Fsp3) is 0.533. The van der Waals surface area contributed by atoms with E-state index in [9.17, 15) is 0 Å². The number of hydrogen-bond donors (Lipinski definition) is 1. The molecule has 3 rings (SSSR count). The van der Waals surface area contributed by atoms with Gasteiger partial charge in [0.2, 0.25) is 0 Å². The summed E-state index contributed by atoms with van der Waals surface area (Å²) in [7, 11) is 1.97. The van der Waals surface area contributed by atoms with Crippen LogP contribution in [0.5, 0.6) is 0 Å². The molecule has 20 heavy (non-hydrogen) atoms. The molecule has 1 fully saturated rings.